The van der Waals surface area contributed by atoms with E-state index in [2.05, 4.69) is 42.3 Å². The van der Waals surface area contributed by atoms with Gasteiger partial charge < -0.3 is 5.32 Å². The van der Waals surface area contributed by atoms with Crippen molar-refractivity contribution < 1.29 is 4.79 Å². The highest BCUT2D eigenvalue weighted by Gasteiger charge is 2.16. The fourth-order valence-electron chi connectivity index (χ4n) is 2.32. The molecule has 5 heteroatoms. The van der Waals surface area contributed by atoms with Crippen LogP contribution in [0.2, 0.25) is 0 Å². The zero-order valence-electron chi connectivity index (χ0n) is 12.8. The molecule has 0 aliphatic carbocycles. The normalized spacial score (nSPS) is 11.6. The first-order chi connectivity index (χ1) is 8.84. The Labute approximate surface area is 120 Å². The number of aryl methyl sites for hydroxylation is 1. The van der Waals surface area contributed by atoms with Crippen molar-refractivity contribution in [2.24, 2.45) is 0 Å². The van der Waals surface area contributed by atoms with Gasteiger partial charge in [-0.2, -0.15) is 4.37 Å². The predicted octanol–water partition coefficient (Wildman–Crippen LogP) is 3.18. The van der Waals surface area contributed by atoms with Gasteiger partial charge in [0.2, 0.25) is 0 Å². The Kier molecular flexibility index (Phi) is 5.94. The Morgan fingerprint density at radius 1 is 1.32 bits per heavy atom. The number of aromatic nitrogens is 1. The maximum Gasteiger partial charge on any atom is 0.164 e. The second-order valence-corrected chi connectivity index (χ2v) is 6.15. The molecule has 1 N–H and O–H groups in total. The van der Waals surface area contributed by atoms with Crippen LogP contribution in [0, 0.1) is 6.92 Å². The number of rotatable bonds is 7. The van der Waals surface area contributed by atoms with Gasteiger partial charge in [0.25, 0.3) is 0 Å². The molecular formula is C14H25N3OS. The summed E-state index contributed by atoms with van der Waals surface area (Å²) in [7, 11) is 0. The Balaban J connectivity index is 2.60. The SMILES string of the molecule is CC(=O)c1c(C)nsc1NCCN(C(C)C)C(C)C. The average Bonchev–Trinajstić information content (AvgIpc) is 2.64. The number of anilines is 1. The second-order valence-electron chi connectivity index (χ2n) is 5.38. The minimum Gasteiger partial charge on any atom is -0.374 e. The molecule has 0 bridgehead atoms. The van der Waals surface area contributed by atoms with Crippen molar-refractivity contribution in [2.45, 2.75) is 53.6 Å². The molecule has 0 aromatic carbocycles. The zero-order chi connectivity index (χ0) is 14.6. The van der Waals surface area contributed by atoms with Crippen molar-refractivity contribution in [1.29, 1.82) is 0 Å². The summed E-state index contributed by atoms with van der Waals surface area (Å²) in [4.78, 5) is 14.0. The van der Waals surface area contributed by atoms with Crippen LogP contribution in [0.1, 0.15) is 50.7 Å². The quantitative estimate of drug-likeness (QED) is 0.781. The zero-order valence-corrected chi connectivity index (χ0v) is 13.6. The van der Waals surface area contributed by atoms with Crippen molar-refractivity contribution >= 4 is 22.3 Å². The van der Waals surface area contributed by atoms with Crippen LogP contribution >= 0.6 is 11.5 Å². The van der Waals surface area contributed by atoms with Gasteiger partial charge in [-0.25, -0.2) is 0 Å². The highest BCUT2D eigenvalue weighted by molar-refractivity contribution is 7.10. The molecule has 1 aromatic heterocycles. The molecule has 0 saturated carbocycles. The standard InChI is InChI=1S/C14H25N3OS/c1-9(2)17(10(3)4)8-7-15-14-13(12(6)18)11(5)16-19-14/h9-10,15H,7-8H2,1-6H3. The number of carbonyl (C=O) groups is 1. The molecule has 1 heterocycles. The van der Waals surface area contributed by atoms with Crippen LogP contribution in [0.25, 0.3) is 0 Å². The Hall–Kier alpha value is -0.940. The van der Waals surface area contributed by atoms with Gasteiger partial charge in [-0.05, 0) is 53.1 Å². The van der Waals surface area contributed by atoms with Crippen LogP contribution in [0.4, 0.5) is 5.00 Å². The molecule has 0 aliphatic heterocycles. The topological polar surface area (TPSA) is 45.2 Å². The summed E-state index contributed by atoms with van der Waals surface area (Å²) in [6.07, 6.45) is 0. The summed E-state index contributed by atoms with van der Waals surface area (Å²) in [5, 5.41) is 4.25. The van der Waals surface area contributed by atoms with E-state index >= 15 is 0 Å². The number of nitrogens with zero attached hydrogens (tertiary/aromatic N) is 2. The monoisotopic (exact) mass is 283 g/mol. The van der Waals surface area contributed by atoms with Gasteiger partial charge in [-0.3, -0.25) is 9.69 Å². The Bertz CT molecular complexity index is 418. The maximum atomic E-state index is 11.6. The van der Waals surface area contributed by atoms with Gasteiger partial charge in [-0.1, -0.05) is 0 Å². The first kappa shape index (κ1) is 16.1. The first-order valence-electron chi connectivity index (χ1n) is 6.81. The van der Waals surface area contributed by atoms with Crippen molar-refractivity contribution in [1.82, 2.24) is 9.27 Å². The summed E-state index contributed by atoms with van der Waals surface area (Å²) in [5.41, 5.74) is 1.57. The lowest BCUT2D eigenvalue weighted by molar-refractivity contribution is 0.101. The van der Waals surface area contributed by atoms with Crippen molar-refractivity contribution in [3.63, 3.8) is 0 Å². The van der Waals surface area contributed by atoms with Gasteiger partial charge in [0.1, 0.15) is 5.00 Å². The van der Waals surface area contributed by atoms with E-state index in [1.54, 1.807) is 6.92 Å². The van der Waals surface area contributed by atoms with Gasteiger partial charge in [0.15, 0.2) is 5.78 Å². The highest BCUT2D eigenvalue weighted by Crippen LogP contribution is 2.24. The van der Waals surface area contributed by atoms with E-state index in [4.69, 9.17) is 0 Å². The Morgan fingerprint density at radius 3 is 2.37 bits per heavy atom. The van der Waals surface area contributed by atoms with Crippen LogP contribution in [-0.2, 0) is 0 Å². The fourth-order valence-corrected chi connectivity index (χ4v) is 3.19. The molecule has 0 spiro atoms. The van der Waals surface area contributed by atoms with Crippen molar-refractivity contribution in [3.8, 4) is 0 Å². The average molecular weight is 283 g/mol. The van der Waals surface area contributed by atoms with Gasteiger partial charge in [0, 0.05) is 25.2 Å². The van der Waals surface area contributed by atoms with Crippen LogP contribution in [0.3, 0.4) is 0 Å². The lowest BCUT2D eigenvalue weighted by Crippen LogP contribution is -2.40. The fraction of sp³-hybridized carbons (Fsp3) is 0.714. The molecule has 0 radical (unpaired) electrons. The van der Waals surface area contributed by atoms with E-state index in [0.29, 0.717) is 12.1 Å². The third-order valence-electron chi connectivity index (χ3n) is 3.20. The summed E-state index contributed by atoms with van der Waals surface area (Å²) >= 11 is 1.37. The van der Waals surface area contributed by atoms with Crippen molar-refractivity contribution in [3.05, 3.63) is 11.3 Å². The number of hydrogen-bond donors (Lipinski definition) is 1. The molecule has 108 valence electrons. The van der Waals surface area contributed by atoms with E-state index < -0.39 is 0 Å². The maximum absolute atomic E-state index is 11.6. The van der Waals surface area contributed by atoms with Crippen LogP contribution in [-0.4, -0.2) is 40.2 Å². The first-order valence-corrected chi connectivity index (χ1v) is 7.58. The number of Topliss-reactive ketones (excluding diaryl/α,β-unsaturated/α-hetero) is 1. The Morgan fingerprint density at radius 2 is 1.89 bits per heavy atom. The molecule has 19 heavy (non-hydrogen) atoms. The van der Waals surface area contributed by atoms with E-state index in [9.17, 15) is 4.79 Å². The minimum absolute atomic E-state index is 0.0818. The molecular weight excluding hydrogens is 258 g/mol. The van der Waals surface area contributed by atoms with Gasteiger partial charge >= 0.3 is 0 Å². The third kappa shape index (κ3) is 4.28. The van der Waals surface area contributed by atoms with E-state index in [1.165, 1.54) is 11.5 Å². The molecule has 4 nitrogen and oxygen atoms in total. The van der Waals surface area contributed by atoms with Crippen LogP contribution < -0.4 is 5.32 Å². The van der Waals surface area contributed by atoms with E-state index in [1.807, 2.05) is 6.92 Å². The van der Waals surface area contributed by atoms with Gasteiger partial charge in [-0.15, -0.1) is 0 Å². The number of carbonyl (C=O) groups excluding carboxylic acids is 1. The molecule has 0 atom stereocenters. The number of ketones is 1. The lowest BCUT2D eigenvalue weighted by atomic mass is 10.2. The van der Waals surface area contributed by atoms with E-state index in [0.717, 1.165) is 29.3 Å². The summed E-state index contributed by atoms with van der Waals surface area (Å²) < 4.78 is 4.25. The van der Waals surface area contributed by atoms with Crippen molar-refractivity contribution in [2.75, 3.05) is 18.4 Å². The summed E-state index contributed by atoms with van der Waals surface area (Å²) in [5.74, 6) is 0.0818. The summed E-state index contributed by atoms with van der Waals surface area (Å²) in [6.45, 7) is 14.1. The van der Waals surface area contributed by atoms with Gasteiger partial charge in [0.05, 0.1) is 11.3 Å². The minimum atomic E-state index is 0.0818. The number of hydrogen-bond acceptors (Lipinski definition) is 5. The molecule has 0 unspecified atom stereocenters. The summed E-state index contributed by atoms with van der Waals surface area (Å²) in [6, 6.07) is 1.05. The molecule has 0 saturated heterocycles. The molecule has 1 rings (SSSR count). The third-order valence-corrected chi connectivity index (χ3v) is 4.09. The largest absolute Gasteiger partial charge is 0.374 e. The van der Waals surface area contributed by atoms with Crippen LogP contribution in [0.15, 0.2) is 0 Å². The molecule has 0 fully saturated rings. The predicted molar refractivity (Wildman–Crippen MR) is 82.3 cm³/mol. The van der Waals surface area contributed by atoms with Crippen LogP contribution in [0.5, 0.6) is 0 Å². The highest BCUT2D eigenvalue weighted by atomic mass is 32.1. The lowest BCUT2D eigenvalue weighted by Gasteiger charge is -2.30. The second kappa shape index (κ2) is 7.01. The molecule has 0 aliphatic rings. The smallest absolute Gasteiger partial charge is 0.164 e. The molecule has 0 amide bonds. The van der Waals surface area contributed by atoms with E-state index in [-0.39, 0.29) is 5.78 Å². The molecule has 1 aromatic rings. The number of nitrogens with one attached hydrogen (secondary N) is 1.